The molecule has 1 rings (SSSR count). The van der Waals surface area contributed by atoms with Crippen LogP contribution in [0.2, 0.25) is 0 Å². The van der Waals surface area contributed by atoms with Crippen LogP contribution in [-0.4, -0.2) is 36.4 Å². The second-order valence-corrected chi connectivity index (χ2v) is 3.36. The lowest BCUT2D eigenvalue weighted by Crippen LogP contribution is -2.57. The topological polar surface area (TPSA) is 44.3 Å². The van der Waals surface area contributed by atoms with E-state index in [-0.39, 0.29) is 6.04 Å². The monoisotopic (exact) mass is 144 g/mol. The average molecular weight is 144 g/mol. The second kappa shape index (κ2) is 2.86. The first kappa shape index (κ1) is 7.98. The molecular weight excluding hydrogens is 128 g/mol. The van der Waals surface area contributed by atoms with Crippen molar-refractivity contribution < 1.29 is 5.11 Å². The van der Waals surface area contributed by atoms with Gasteiger partial charge in [0.05, 0.1) is 5.60 Å². The zero-order valence-electron chi connectivity index (χ0n) is 6.65. The van der Waals surface area contributed by atoms with Crippen LogP contribution in [0.3, 0.4) is 0 Å². The van der Waals surface area contributed by atoms with Gasteiger partial charge in [-0.2, -0.15) is 0 Å². The van der Waals surface area contributed by atoms with Crippen LogP contribution in [-0.2, 0) is 0 Å². The summed E-state index contributed by atoms with van der Waals surface area (Å²) in [5.41, 5.74) is -0.604. The first-order valence-corrected chi connectivity index (χ1v) is 3.77. The molecule has 0 bridgehead atoms. The smallest absolute Gasteiger partial charge is 0.0756 e. The van der Waals surface area contributed by atoms with Crippen LogP contribution in [0, 0.1) is 0 Å². The fourth-order valence-corrected chi connectivity index (χ4v) is 1.15. The van der Waals surface area contributed by atoms with Gasteiger partial charge in [0.2, 0.25) is 0 Å². The van der Waals surface area contributed by atoms with Gasteiger partial charge in [-0.05, 0) is 13.8 Å². The number of aliphatic hydroxyl groups is 1. The van der Waals surface area contributed by atoms with Crippen LogP contribution in [0.25, 0.3) is 0 Å². The van der Waals surface area contributed by atoms with Crippen molar-refractivity contribution in [2.24, 2.45) is 0 Å². The lowest BCUT2D eigenvalue weighted by molar-refractivity contribution is 0.0328. The SMILES string of the molecule is CC(C)(O)[C@H]1CNCCN1. The summed E-state index contributed by atoms with van der Waals surface area (Å²) in [5, 5.41) is 16.0. The molecule has 1 heterocycles. The summed E-state index contributed by atoms with van der Waals surface area (Å²) in [7, 11) is 0. The van der Waals surface area contributed by atoms with Gasteiger partial charge in [-0.1, -0.05) is 0 Å². The lowest BCUT2D eigenvalue weighted by Gasteiger charge is -2.33. The number of piperazine rings is 1. The summed E-state index contributed by atoms with van der Waals surface area (Å²) in [6.45, 7) is 6.49. The normalized spacial score (nSPS) is 28.5. The second-order valence-electron chi connectivity index (χ2n) is 3.36. The molecular formula is C7H16N2O. The van der Waals surface area contributed by atoms with E-state index in [0.717, 1.165) is 19.6 Å². The molecule has 1 fully saturated rings. The van der Waals surface area contributed by atoms with Crippen LogP contribution < -0.4 is 10.6 Å². The first-order chi connectivity index (χ1) is 4.61. The van der Waals surface area contributed by atoms with Crippen molar-refractivity contribution in [2.45, 2.75) is 25.5 Å². The predicted octanol–water partition coefficient (Wildman–Crippen LogP) is -0.681. The summed E-state index contributed by atoms with van der Waals surface area (Å²) >= 11 is 0. The minimum absolute atomic E-state index is 0.196. The van der Waals surface area contributed by atoms with Gasteiger partial charge in [-0.3, -0.25) is 0 Å². The summed E-state index contributed by atoms with van der Waals surface area (Å²) in [6, 6.07) is 0.196. The maximum atomic E-state index is 9.54. The van der Waals surface area contributed by atoms with Gasteiger partial charge in [0.15, 0.2) is 0 Å². The molecule has 0 amide bonds. The van der Waals surface area contributed by atoms with E-state index in [9.17, 15) is 5.11 Å². The maximum Gasteiger partial charge on any atom is 0.0756 e. The number of hydrogen-bond acceptors (Lipinski definition) is 3. The maximum absolute atomic E-state index is 9.54. The standard InChI is InChI=1S/C7H16N2O/c1-7(2,10)6-5-8-3-4-9-6/h6,8-10H,3-5H2,1-2H3/t6-/m1/s1. The fourth-order valence-electron chi connectivity index (χ4n) is 1.15. The van der Waals surface area contributed by atoms with Gasteiger partial charge in [0.25, 0.3) is 0 Å². The van der Waals surface area contributed by atoms with Gasteiger partial charge in [-0.25, -0.2) is 0 Å². The zero-order valence-corrected chi connectivity index (χ0v) is 6.65. The molecule has 0 spiro atoms. The van der Waals surface area contributed by atoms with Crippen molar-refractivity contribution in [1.29, 1.82) is 0 Å². The van der Waals surface area contributed by atoms with E-state index in [1.54, 1.807) is 0 Å². The molecule has 0 radical (unpaired) electrons. The Morgan fingerprint density at radius 2 is 2.10 bits per heavy atom. The van der Waals surface area contributed by atoms with Gasteiger partial charge in [0, 0.05) is 25.7 Å². The molecule has 3 nitrogen and oxygen atoms in total. The van der Waals surface area contributed by atoms with Crippen molar-refractivity contribution in [3.05, 3.63) is 0 Å². The van der Waals surface area contributed by atoms with Crippen molar-refractivity contribution in [3.63, 3.8) is 0 Å². The Kier molecular flexibility index (Phi) is 2.28. The highest BCUT2D eigenvalue weighted by Crippen LogP contribution is 2.08. The van der Waals surface area contributed by atoms with Crippen LogP contribution in [0.15, 0.2) is 0 Å². The summed E-state index contributed by atoms with van der Waals surface area (Å²) in [4.78, 5) is 0. The summed E-state index contributed by atoms with van der Waals surface area (Å²) in [5.74, 6) is 0. The zero-order chi connectivity index (χ0) is 7.61. The molecule has 1 saturated heterocycles. The van der Waals surface area contributed by atoms with E-state index in [0.29, 0.717) is 0 Å². The third kappa shape index (κ3) is 1.94. The van der Waals surface area contributed by atoms with E-state index < -0.39 is 5.60 Å². The number of nitrogens with one attached hydrogen (secondary N) is 2. The van der Waals surface area contributed by atoms with E-state index in [1.165, 1.54) is 0 Å². The predicted molar refractivity (Wildman–Crippen MR) is 41.0 cm³/mol. The molecule has 3 heteroatoms. The van der Waals surface area contributed by atoms with Gasteiger partial charge in [0.1, 0.15) is 0 Å². The Bertz CT molecular complexity index is 103. The molecule has 10 heavy (non-hydrogen) atoms. The first-order valence-electron chi connectivity index (χ1n) is 3.77. The minimum Gasteiger partial charge on any atom is -0.389 e. The average Bonchev–Trinajstić information content (AvgIpc) is 1.88. The Morgan fingerprint density at radius 1 is 1.40 bits per heavy atom. The largest absolute Gasteiger partial charge is 0.389 e. The van der Waals surface area contributed by atoms with E-state index in [4.69, 9.17) is 0 Å². The minimum atomic E-state index is -0.604. The van der Waals surface area contributed by atoms with Gasteiger partial charge in [-0.15, -0.1) is 0 Å². The fraction of sp³-hybridized carbons (Fsp3) is 1.00. The molecule has 1 aliphatic heterocycles. The molecule has 0 unspecified atom stereocenters. The molecule has 3 N–H and O–H groups in total. The van der Waals surface area contributed by atoms with Crippen molar-refractivity contribution in [3.8, 4) is 0 Å². The quantitative estimate of drug-likeness (QED) is 0.457. The number of hydrogen-bond donors (Lipinski definition) is 3. The van der Waals surface area contributed by atoms with Crippen LogP contribution in [0.1, 0.15) is 13.8 Å². The molecule has 0 saturated carbocycles. The molecule has 1 aliphatic rings. The van der Waals surface area contributed by atoms with Crippen LogP contribution >= 0.6 is 0 Å². The molecule has 60 valence electrons. The van der Waals surface area contributed by atoms with E-state index in [2.05, 4.69) is 10.6 Å². The molecule has 0 aromatic heterocycles. The van der Waals surface area contributed by atoms with Crippen molar-refractivity contribution >= 4 is 0 Å². The summed E-state index contributed by atoms with van der Waals surface area (Å²) < 4.78 is 0. The van der Waals surface area contributed by atoms with Gasteiger partial charge < -0.3 is 15.7 Å². The summed E-state index contributed by atoms with van der Waals surface area (Å²) in [6.07, 6.45) is 0. The van der Waals surface area contributed by atoms with E-state index in [1.807, 2.05) is 13.8 Å². The highest BCUT2D eigenvalue weighted by Gasteiger charge is 2.27. The molecule has 0 aromatic carbocycles. The highest BCUT2D eigenvalue weighted by atomic mass is 16.3. The lowest BCUT2D eigenvalue weighted by atomic mass is 9.98. The molecule has 1 atom stereocenters. The Morgan fingerprint density at radius 3 is 2.40 bits per heavy atom. The Labute approximate surface area is 61.8 Å². The van der Waals surface area contributed by atoms with Crippen LogP contribution in [0.4, 0.5) is 0 Å². The number of rotatable bonds is 1. The van der Waals surface area contributed by atoms with Crippen LogP contribution in [0.5, 0.6) is 0 Å². The molecule has 0 aromatic rings. The van der Waals surface area contributed by atoms with Gasteiger partial charge >= 0.3 is 0 Å². The third-order valence-corrected chi connectivity index (χ3v) is 1.89. The third-order valence-electron chi connectivity index (χ3n) is 1.89. The van der Waals surface area contributed by atoms with Crippen molar-refractivity contribution in [1.82, 2.24) is 10.6 Å². The highest BCUT2D eigenvalue weighted by molar-refractivity contribution is 4.88. The van der Waals surface area contributed by atoms with E-state index >= 15 is 0 Å². The van der Waals surface area contributed by atoms with Crippen molar-refractivity contribution in [2.75, 3.05) is 19.6 Å². The Hall–Kier alpha value is -0.120. The molecule has 0 aliphatic carbocycles. The Balaban J connectivity index is 2.39.